The van der Waals surface area contributed by atoms with E-state index in [1.807, 2.05) is 55.5 Å². The Morgan fingerprint density at radius 3 is 2.84 bits per heavy atom. The molecule has 2 N–H and O–H groups in total. The Kier molecular flexibility index (Phi) is 6.50. The first-order valence-corrected chi connectivity index (χ1v) is 15.2. The zero-order valence-corrected chi connectivity index (χ0v) is 24.2. The van der Waals surface area contributed by atoms with Crippen molar-refractivity contribution in [1.29, 1.82) is 0 Å². The molecular formula is C28H24N8O5S2. The first kappa shape index (κ1) is 26.5. The van der Waals surface area contributed by atoms with Gasteiger partial charge in [-0.3, -0.25) is 9.36 Å². The smallest absolute Gasteiger partial charge is 0.304 e. The van der Waals surface area contributed by atoms with Gasteiger partial charge in [0.15, 0.2) is 12.1 Å². The molecule has 0 amide bonds. The van der Waals surface area contributed by atoms with E-state index in [0.717, 1.165) is 37.8 Å². The molecule has 6 heterocycles. The zero-order valence-electron chi connectivity index (χ0n) is 22.5. The largest absolute Gasteiger partial charge is 0.388 e. The molecule has 2 aliphatic rings. The Morgan fingerprint density at radius 1 is 1.12 bits per heavy atom. The maximum Gasteiger partial charge on any atom is 0.304 e. The second-order valence-corrected chi connectivity index (χ2v) is 12.4. The van der Waals surface area contributed by atoms with Gasteiger partial charge in [0.25, 0.3) is 0 Å². The number of benzene rings is 2. The van der Waals surface area contributed by atoms with Crippen molar-refractivity contribution < 1.29 is 19.3 Å². The molecule has 4 aromatic heterocycles. The highest BCUT2D eigenvalue weighted by atomic mass is 32.1. The third kappa shape index (κ3) is 4.70. The molecule has 13 nitrogen and oxygen atoms in total. The minimum atomic E-state index is -1.16. The molecule has 2 saturated heterocycles. The molecule has 6 atom stereocenters. The number of nitrogens with zero attached hydrogens (tertiary/aromatic N) is 7. The summed E-state index contributed by atoms with van der Waals surface area (Å²) in [5.41, 5.74) is 3.58. The average molecular weight is 617 g/mol. The molecule has 0 spiro atoms. The summed E-state index contributed by atoms with van der Waals surface area (Å²) in [5.74, 6) is 0.421. The molecule has 3 unspecified atom stereocenters. The number of aliphatic hydroxyl groups is 1. The van der Waals surface area contributed by atoms with E-state index < -0.39 is 36.7 Å². The highest BCUT2D eigenvalue weighted by Crippen LogP contribution is 2.44. The number of aliphatic hydroxyl groups excluding tert-OH is 1. The third-order valence-corrected chi connectivity index (χ3v) is 9.25. The van der Waals surface area contributed by atoms with Gasteiger partial charge in [-0.15, -0.1) is 26.6 Å². The van der Waals surface area contributed by atoms with Crippen LogP contribution in [0.5, 0.6) is 0 Å². The number of rotatable bonds is 5. The van der Waals surface area contributed by atoms with Gasteiger partial charge in [-0.05, 0) is 25.1 Å². The molecule has 0 radical (unpaired) electrons. The van der Waals surface area contributed by atoms with Crippen LogP contribution in [0.4, 0.5) is 0 Å². The molecule has 218 valence electrons. The number of nitrogens with one attached hydrogen (secondary N) is 1. The van der Waals surface area contributed by atoms with Crippen LogP contribution in [0.25, 0.3) is 27.3 Å². The normalized spacial score (nSPS) is 25.6. The summed E-state index contributed by atoms with van der Waals surface area (Å²) in [7, 11) is 0. The van der Waals surface area contributed by atoms with Crippen molar-refractivity contribution in [3.05, 3.63) is 92.5 Å². The second-order valence-electron chi connectivity index (χ2n) is 10.3. The molecule has 8 rings (SSSR count). The number of hydrogen-bond acceptors (Lipinski definition) is 12. The van der Waals surface area contributed by atoms with Crippen molar-refractivity contribution in [2.24, 2.45) is 0 Å². The van der Waals surface area contributed by atoms with Crippen LogP contribution < -0.4 is 4.87 Å². The summed E-state index contributed by atoms with van der Waals surface area (Å²) in [6.07, 6.45) is -0.649. The molecule has 2 aliphatic heterocycles. The minimum Gasteiger partial charge on any atom is -0.388 e. The molecule has 2 aromatic carbocycles. The lowest BCUT2D eigenvalue weighted by molar-refractivity contribution is -0.319. The van der Waals surface area contributed by atoms with E-state index >= 15 is 0 Å². The summed E-state index contributed by atoms with van der Waals surface area (Å²) in [4.78, 5) is 18.9. The minimum absolute atomic E-state index is 0.194. The Balaban J connectivity index is 1.18. The number of aryl methyl sites for hydroxylation is 1. The van der Waals surface area contributed by atoms with Crippen molar-refractivity contribution in [1.82, 2.24) is 39.7 Å². The van der Waals surface area contributed by atoms with Gasteiger partial charge in [0.05, 0.1) is 33.7 Å². The van der Waals surface area contributed by atoms with E-state index in [9.17, 15) is 9.90 Å². The van der Waals surface area contributed by atoms with Crippen LogP contribution in [0.15, 0.2) is 71.2 Å². The number of thiazole rings is 2. The van der Waals surface area contributed by atoms with Crippen LogP contribution in [0, 0.1) is 6.92 Å². The molecule has 15 heteroatoms. The van der Waals surface area contributed by atoms with Gasteiger partial charge in [0, 0.05) is 16.6 Å². The van der Waals surface area contributed by atoms with Crippen LogP contribution in [0.3, 0.4) is 0 Å². The summed E-state index contributed by atoms with van der Waals surface area (Å²) < 4.78 is 23.5. The lowest BCUT2D eigenvalue weighted by Gasteiger charge is -2.47. The van der Waals surface area contributed by atoms with E-state index in [4.69, 9.17) is 14.2 Å². The number of aromatic nitrogens is 8. The highest BCUT2D eigenvalue weighted by molar-refractivity contribution is 7.18. The van der Waals surface area contributed by atoms with E-state index in [1.165, 1.54) is 0 Å². The predicted octanol–water partition coefficient (Wildman–Crippen LogP) is 3.35. The van der Waals surface area contributed by atoms with Crippen LogP contribution >= 0.6 is 22.7 Å². The Morgan fingerprint density at radius 2 is 2.00 bits per heavy atom. The summed E-state index contributed by atoms with van der Waals surface area (Å²) in [5, 5.41) is 31.9. The Hall–Kier alpha value is -4.12. The highest BCUT2D eigenvalue weighted by Gasteiger charge is 2.52. The predicted molar refractivity (Wildman–Crippen MR) is 156 cm³/mol. The Bertz CT molecular complexity index is 1970. The molecule has 0 bridgehead atoms. The summed E-state index contributed by atoms with van der Waals surface area (Å²) in [6, 6.07) is 14.8. The van der Waals surface area contributed by atoms with Gasteiger partial charge in [0.1, 0.15) is 42.5 Å². The average Bonchev–Trinajstić information content (AvgIpc) is 3.83. The van der Waals surface area contributed by atoms with E-state index in [1.54, 1.807) is 38.5 Å². The van der Waals surface area contributed by atoms with E-state index in [-0.39, 0.29) is 11.5 Å². The number of H-pyrrole nitrogens is 1. The monoisotopic (exact) mass is 616 g/mol. The Labute approximate surface area is 251 Å². The van der Waals surface area contributed by atoms with Gasteiger partial charge >= 0.3 is 4.87 Å². The fourth-order valence-electron chi connectivity index (χ4n) is 5.68. The maximum absolute atomic E-state index is 12.0. The van der Waals surface area contributed by atoms with Crippen LogP contribution in [-0.4, -0.2) is 69.8 Å². The van der Waals surface area contributed by atoms with Crippen LogP contribution in [-0.2, 0) is 14.2 Å². The quantitative estimate of drug-likeness (QED) is 0.295. The van der Waals surface area contributed by atoms with Crippen molar-refractivity contribution in [2.75, 3.05) is 6.61 Å². The number of fused-ring (bicyclic) bond motifs is 2. The fourth-order valence-corrected chi connectivity index (χ4v) is 7.11. The zero-order chi connectivity index (χ0) is 29.1. The number of ether oxygens (including phenoxy) is 3. The van der Waals surface area contributed by atoms with Crippen LogP contribution in [0.2, 0.25) is 0 Å². The fraction of sp³-hybridized carbons (Fsp3) is 0.286. The van der Waals surface area contributed by atoms with E-state index in [0.29, 0.717) is 17.2 Å². The van der Waals surface area contributed by atoms with Gasteiger partial charge in [-0.2, -0.15) is 0 Å². The molecule has 2 fully saturated rings. The SMILES string of the molecule is Cc1nc2ccc(-n3cnnc3[C@@H]3OC4COC(c5ccccc5)O[C@@H]4[C@H](n4cc(-c5csc(=O)[nH]5)nn4)C3O)cc2s1. The maximum atomic E-state index is 12.0. The molecule has 0 saturated carbocycles. The topological polar surface area (TPSA) is 155 Å². The molecule has 6 aromatic rings. The third-order valence-electron chi connectivity index (χ3n) is 7.65. The molecular weight excluding hydrogens is 592 g/mol. The van der Waals surface area contributed by atoms with Gasteiger partial charge in [-0.1, -0.05) is 46.9 Å². The van der Waals surface area contributed by atoms with Crippen molar-refractivity contribution in [3.8, 4) is 17.1 Å². The van der Waals surface area contributed by atoms with Gasteiger partial charge in [0.2, 0.25) is 0 Å². The lowest BCUT2D eigenvalue weighted by atomic mass is 9.91. The first-order chi connectivity index (χ1) is 21.0. The van der Waals surface area contributed by atoms with E-state index in [2.05, 4.69) is 30.5 Å². The van der Waals surface area contributed by atoms with Crippen molar-refractivity contribution in [3.63, 3.8) is 0 Å². The summed E-state index contributed by atoms with van der Waals surface area (Å²) >= 11 is 2.64. The van der Waals surface area contributed by atoms with Crippen LogP contribution in [0.1, 0.15) is 34.8 Å². The lowest BCUT2D eigenvalue weighted by Crippen LogP contribution is -2.57. The number of hydrogen-bond donors (Lipinski definition) is 2. The molecule has 0 aliphatic carbocycles. The standard InChI is InChI=1S/C28H24N8O5S2/c1-14-30-17-8-7-16(9-21(17)43-14)35-13-29-33-26(35)25-23(37)22(36-10-18(32-34-36)19-12-42-28(38)31-19)24-20(40-25)11-39-27(41-24)15-5-3-2-4-6-15/h2-10,12-13,20,22-25,27,37H,11H2,1H3,(H,31,38)/t20?,22-,23?,24+,25-,27?/m1/s1. The van der Waals surface area contributed by atoms with Gasteiger partial charge in [-0.25, -0.2) is 9.67 Å². The number of aromatic amines is 1. The molecule has 43 heavy (non-hydrogen) atoms. The van der Waals surface area contributed by atoms with Gasteiger partial charge < -0.3 is 24.3 Å². The van der Waals surface area contributed by atoms with Crippen molar-refractivity contribution in [2.45, 2.75) is 43.7 Å². The first-order valence-electron chi connectivity index (χ1n) is 13.5. The second kappa shape index (κ2) is 10.6. The summed E-state index contributed by atoms with van der Waals surface area (Å²) in [6.45, 7) is 2.18. The van der Waals surface area contributed by atoms with Crippen molar-refractivity contribution >= 4 is 32.9 Å².